The average Bonchev–Trinajstić information content (AvgIpc) is 3.04. The van der Waals surface area contributed by atoms with Crippen LogP contribution in [0.5, 0.6) is 0 Å². The molecule has 0 saturated heterocycles. The average molecular weight is 351 g/mol. The van der Waals surface area contributed by atoms with E-state index < -0.39 is 0 Å². The molecule has 2 heterocycles. The minimum absolute atomic E-state index is 0.0615. The van der Waals surface area contributed by atoms with Crippen molar-refractivity contribution in [3.63, 3.8) is 0 Å². The van der Waals surface area contributed by atoms with Gasteiger partial charge in [-0.25, -0.2) is 0 Å². The Morgan fingerprint density at radius 2 is 2.15 bits per heavy atom. The first-order valence-electron chi connectivity index (χ1n) is 6.06. The van der Waals surface area contributed by atoms with Gasteiger partial charge in [-0.1, -0.05) is 17.3 Å². The number of aromatic nitrogens is 1. The van der Waals surface area contributed by atoms with E-state index in [-0.39, 0.29) is 12.3 Å². The first-order valence-corrected chi connectivity index (χ1v) is 7.67. The third-order valence-corrected chi connectivity index (χ3v) is 4.49. The summed E-state index contributed by atoms with van der Waals surface area (Å²) in [6.45, 7) is 0.533. The molecule has 0 fully saturated rings. The number of para-hydroxylation sites is 1. The Morgan fingerprint density at radius 3 is 2.95 bits per heavy atom. The smallest absolute Gasteiger partial charge is 0.226 e. The predicted molar refractivity (Wildman–Crippen MR) is 81.6 cm³/mol. The van der Waals surface area contributed by atoms with Crippen molar-refractivity contribution < 1.29 is 9.32 Å². The van der Waals surface area contributed by atoms with Crippen molar-refractivity contribution in [1.29, 1.82) is 0 Å². The second kappa shape index (κ2) is 5.76. The second-order valence-electron chi connectivity index (χ2n) is 4.28. The zero-order valence-electron chi connectivity index (χ0n) is 10.4. The van der Waals surface area contributed by atoms with Gasteiger partial charge in [-0.2, -0.15) is 0 Å². The molecule has 1 N–H and O–H groups in total. The highest BCUT2D eigenvalue weighted by molar-refractivity contribution is 9.11. The van der Waals surface area contributed by atoms with Gasteiger partial charge >= 0.3 is 0 Å². The molecule has 4 nitrogen and oxygen atoms in total. The van der Waals surface area contributed by atoms with Crippen LogP contribution in [0.15, 0.2) is 44.7 Å². The van der Waals surface area contributed by atoms with E-state index in [9.17, 15) is 4.79 Å². The van der Waals surface area contributed by atoms with Crippen LogP contribution in [0.1, 0.15) is 10.6 Å². The maximum atomic E-state index is 11.9. The molecule has 0 aliphatic carbocycles. The lowest BCUT2D eigenvalue weighted by Gasteiger charge is -2.01. The number of hydrogen-bond acceptors (Lipinski definition) is 4. The molecular weight excluding hydrogens is 340 g/mol. The first kappa shape index (κ1) is 13.3. The number of rotatable bonds is 4. The van der Waals surface area contributed by atoms with Crippen LogP contribution in [-0.2, 0) is 17.8 Å². The molecule has 0 aliphatic heterocycles. The van der Waals surface area contributed by atoms with Gasteiger partial charge < -0.3 is 9.84 Å². The molecule has 3 aromatic rings. The lowest BCUT2D eigenvalue weighted by molar-refractivity contribution is -0.120. The topological polar surface area (TPSA) is 55.1 Å². The minimum atomic E-state index is -0.0615. The minimum Gasteiger partial charge on any atom is -0.356 e. The number of carbonyl (C=O) groups excluding carboxylic acids is 1. The van der Waals surface area contributed by atoms with Crippen molar-refractivity contribution in [1.82, 2.24) is 10.5 Å². The molecule has 102 valence electrons. The normalized spacial score (nSPS) is 10.8. The largest absolute Gasteiger partial charge is 0.356 e. The Balaban J connectivity index is 1.64. The Hall–Kier alpha value is -1.66. The number of nitrogens with one attached hydrogen (secondary N) is 1. The summed E-state index contributed by atoms with van der Waals surface area (Å²) in [5.41, 5.74) is 1.38. The summed E-state index contributed by atoms with van der Waals surface area (Å²) < 4.78 is 6.24. The van der Waals surface area contributed by atoms with E-state index in [1.54, 1.807) is 11.3 Å². The van der Waals surface area contributed by atoms with Gasteiger partial charge in [0.25, 0.3) is 0 Å². The molecule has 0 bridgehead atoms. The van der Waals surface area contributed by atoms with Crippen molar-refractivity contribution in [3.8, 4) is 0 Å². The molecule has 0 unspecified atom stereocenters. The van der Waals surface area contributed by atoms with E-state index in [2.05, 4.69) is 26.4 Å². The quantitative estimate of drug-likeness (QED) is 0.783. The van der Waals surface area contributed by atoms with Gasteiger partial charge in [0, 0.05) is 10.3 Å². The monoisotopic (exact) mass is 350 g/mol. The summed E-state index contributed by atoms with van der Waals surface area (Å²) in [6.07, 6.45) is 0.226. The van der Waals surface area contributed by atoms with E-state index in [0.29, 0.717) is 17.8 Å². The predicted octanol–water partition coefficient (Wildman–Crippen LogP) is 3.51. The molecule has 3 rings (SSSR count). The zero-order valence-corrected chi connectivity index (χ0v) is 12.8. The zero-order chi connectivity index (χ0) is 13.9. The molecule has 0 saturated carbocycles. The van der Waals surface area contributed by atoms with Crippen LogP contribution < -0.4 is 5.32 Å². The van der Waals surface area contributed by atoms with Gasteiger partial charge in [-0.15, -0.1) is 11.3 Å². The summed E-state index contributed by atoms with van der Waals surface area (Å²) in [7, 11) is 0. The van der Waals surface area contributed by atoms with Crippen molar-refractivity contribution >= 4 is 44.1 Å². The Morgan fingerprint density at radius 1 is 1.30 bits per heavy atom. The molecule has 0 aliphatic rings. The standard InChI is InChI=1S/C14H11BrN2O2S/c15-13-6-5-9(20-13)8-16-14(18)7-11-10-3-1-2-4-12(10)19-17-11/h1-6H,7-8H2,(H,16,18). The Kier molecular flexibility index (Phi) is 3.84. The fourth-order valence-electron chi connectivity index (χ4n) is 1.91. The molecule has 0 radical (unpaired) electrons. The van der Waals surface area contributed by atoms with Gasteiger partial charge in [0.2, 0.25) is 5.91 Å². The van der Waals surface area contributed by atoms with Crippen LogP contribution in [0, 0.1) is 0 Å². The van der Waals surface area contributed by atoms with Crippen LogP contribution in [0.3, 0.4) is 0 Å². The third-order valence-electron chi connectivity index (χ3n) is 2.87. The lowest BCUT2D eigenvalue weighted by atomic mass is 10.1. The third kappa shape index (κ3) is 2.91. The number of nitrogens with zero attached hydrogens (tertiary/aromatic N) is 1. The first-order chi connectivity index (χ1) is 9.72. The van der Waals surface area contributed by atoms with Gasteiger partial charge in [0.1, 0.15) is 5.69 Å². The lowest BCUT2D eigenvalue weighted by Crippen LogP contribution is -2.24. The molecule has 20 heavy (non-hydrogen) atoms. The summed E-state index contributed by atoms with van der Waals surface area (Å²) >= 11 is 5.01. The number of benzene rings is 1. The van der Waals surface area contributed by atoms with Crippen LogP contribution in [-0.4, -0.2) is 11.1 Å². The number of hydrogen-bond donors (Lipinski definition) is 1. The number of fused-ring (bicyclic) bond motifs is 1. The van der Waals surface area contributed by atoms with Gasteiger partial charge in [0.15, 0.2) is 5.58 Å². The molecule has 1 aromatic carbocycles. The number of carbonyl (C=O) groups is 1. The van der Waals surface area contributed by atoms with Gasteiger partial charge in [-0.3, -0.25) is 4.79 Å². The summed E-state index contributed by atoms with van der Waals surface area (Å²) in [6, 6.07) is 11.5. The Labute approximate surface area is 127 Å². The van der Waals surface area contributed by atoms with E-state index in [4.69, 9.17) is 4.52 Å². The second-order valence-corrected chi connectivity index (χ2v) is 6.83. The molecule has 6 heteroatoms. The van der Waals surface area contributed by atoms with E-state index in [1.165, 1.54) is 0 Å². The molecule has 0 spiro atoms. The van der Waals surface area contributed by atoms with Crippen molar-refractivity contribution in [2.75, 3.05) is 0 Å². The van der Waals surface area contributed by atoms with Crippen LogP contribution in [0.25, 0.3) is 11.0 Å². The highest BCUT2D eigenvalue weighted by Gasteiger charge is 2.11. The fraction of sp³-hybridized carbons (Fsp3) is 0.143. The number of amides is 1. The van der Waals surface area contributed by atoms with Gasteiger partial charge in [0.05, 0.1) is 16.8 Å². The molecular formula is C14H11BrN2O2S. The summed E-state index contributed by atoms with van der Waals surface area (Å²) in [5.74, 6) is -0.0615. The van der Waals surface area contributed by atoms with Crippen molar-refractivity contribution in [2.24, 2.45) is 0 Å². The SMILES string of the molecule is O=C(Cc1noc2ccccc12)NCc1ccc(Br)s1. The van der Waals surface area contributed by atoms with Gasteiger partial charge in [-0.05, 0) is 40.2 Å². The molecule has 2 aromatic heterocycles. The molecule has 0 atom stereocenters. The van der Waals surface area contributed by atoms with Crippen LogP contribution >= 0.6 is 27.3 Å². The Bertz CT molecular complexity index is 750. The number of halogens is 1. The van der Waals surface area contributed by atoms with E-state index in [0.717, 1.165) is 14.0 Å². The fourth-order valence-corrected chi connectivity index (χ4v) is 3.34. The maximum Gasteiger partial charge on any atom is 0.226 e. The maximum absolute atomic E-state index is 11.9. The summed E-state index contributed by atoms with van der Waals surface area (Å²) in [4.78, 5) is 13.0. The van der Waals surface area contributed by atoms with Crippen molar-refractivity contribution in [3.05, 3.63) is 50.8 Å². The van der Waals surface area contributed by atoms with Crippen LogP contribution in [0.2, 0.25) is 0 Å². The van der Waals surface area contributed by atoms with Crippen LogP contribution in [0.4, 0.5) is 0 Å². The van der Waals surface area contributed by atoms with E-state index in [1.807, 2.05) is 36.4 Å². The highest BCUT2D eigenvalue weighted by atomic mass is 79.9. The highest BCUT2D eigenvalue weighted by Crippen LogP contribution is 2.22. The van der Waals surface area contributed by atoms with E-state index >= 15 is 0 Å². The number of thiophene rings is 1. The molecule has 1 amide bonds. The summed E-state index contributed by atoms with van der Waals surface area (Å²) in [5, 5.41) is 7.73. The van der Waals surface area contributed by atoms with Crippen molar-refractivity contribution in [2.45, 2.75) is 13.0 Å².